The number of halogens is 9. The van der Waals surface area contributed by atoms with Crippen LogP contribution in [0.15, 0.2) is 35.4 Å². The molecule has 1 saturated carbocycles. The Labute approximate surface area is 203 Å². The maximum absolute atomic E-state index is 13.9. The van der Waals surface area contributed by atoms with E-state index in [2.05, 4.69) is 22.2 Å². The zero-order valence-corrected chi connectivity index (χ0v) is 19.1. The molecule has 194 valence electrons. The van der Waals surface area contributed by atoms with Gasteiger partial charge in [0, 0.05) is 41.5 Å². The molecule has 1 aliphatic carbocycles. The van der Waals surface area contributed by atoms with Crippen LogP contribution in [0.25, 0.3) is 28.4 Å². The monoisotopic (exact) mass is 540 g/mol. The van der Waals surface area contributed by atoms with Crippen molar-refractivity contribution in [3.05, 3.63) is 52.7 Å². The van der Waals surface area contributed by atoms with Crippen molar-refractivity contribution in [1.29, 1.82) is 0 Å². The lowest BCUT2D eigenvalue weighted by molar-refractivity contribution is -0.292. The van der Waals surface area contributed by atoms with E-state index >= 15 is 0 Å². The molecule has 0 unspecified atom stereocenters. The van der Waals surface area contributed by atoms with E-state index in [9.17, 15) is 35.1 Å². The molecule has 0 bridgehead atoms. The molecule has 0 atom stereocenters. The summed E-state index contributed by atoms with van der Waals surface area (Å²) in [5.74, 6) is -5.41. The number of alkyl halides is 8. The van der Waals surface area contributed by atoms with E-state index in [4.69, 9.17) is 16.1 Å². The Balaban J connectivity index is 1.75. The molecule has 0 spiro atoms. The van der Waals surface area contributed by atoms with Crippen molar-refractivity contribution in [3.63, 3.8) is 0 Å². The van der Waals surface area contributed by atoms with Gasteiger partial charge < -0.3 is 9.84 Å². The number of nitrogens with one attached hydrogen (secondary N) is 1. The topological polar surface area (TPSA) is 55.9 Å². The number of hydrogen-bond donors (Lipinski definition) is 1. The first kappa shape index (κ1) is 26.0. The van der Waals surface area contributed by atoms with Crippen LogP contribution in [-0.2, 0) is 19.1 Å². The first-order chi connectivity index (χ1) is 16.6. The molecule has 1 N–H and O–H groups in total. The van der Waals surface area contributed by atoms with E-state index < -0.39 is 40.9 Å². The second kappa shape index (κ2) is 8.79. The molecule has 2 aromatic heterocycles. The smallest absolute Gasteiger partial charge is 0.385 e. The molecular weight excluding hydrogens is 524 g/mol. The van der Waals surface area contributed by atoms with Gasteiger partial charge in [-0.05, 0) is 37.0 Å². The summed E-state index contributed by atoms with van der Waals surface area (Å²) < 4.78 is 113. The molecule has 3 aromatic rings. The minimum Gasteiger partial charge on any atom is -0.385 e. The number of hydrogen-bond acceptors (Lipinski definition) is 4. The first-order valence-electron chi connectivity index (χ1n) is 10.4. The SMILES string of the molecule is C=C(NCC1CC1)c1cc(-c2cc(-c3c(C(F)(F)F)c(C(F)(F)C(F)(F)F)nn3C)no2)ccc1Cl. The first-order valence-corrected chi connectivity index (χ1v) is 10.8. The Hall–Kier alpha value is -3.09. The Morgan fingerprint density at radius 1 is 1.14 bits per heavy atom. The fourth-order valence-electron chi connectivity index (χ4n) is 3.56. The lowest BCUT2D eigenvalue weighted by atomic mass is 10.0. The molecule has 0 amide bonds. The Morgan fingerprint density at radius 2 is 1.81 bits per heavy atom. The second-order valence-electron chi connectivity index (χ2n) is 8.34. The van der Waals surface area contributed by atoms with Crippen LogP contribution in [0.1, 0.15) is 29.7 Å². The van der Waals surface area contributed by atoms with Crippen LogP contribution in [0.2, 0.25) is 5.02 Å². The molecule has 0 aliphatic heterocycles. The zero-order chi connectivity index (χ0) is 26.6. The van der Waals surface area contributed by atoms with Crippen LogP contribution < -0.4 is 5.32 Å². The molecule has 2 heterocycles. The summed E-state index contributed by atoms with van der Waals surface area (Å²) in [4.78, 5) is 0. The van der Waals surface area contributed by atoms with E-state index in [0.717, 1.165) is 26.0 Å². The average Bonchev–Trinajstić information content (AvgIpc) is 3.34. The van der Waals surface area contributed by atoms with Gasteiger partial charge in [0.15, 0.2) is 11.5 Å². The maximum atomic E-state index is 13.9. The second-order valence-corrected chi connectivity index (χ2v) is 8.75. The summed E-state index contributed by atoms with van der Waals surface area (Å²) in [7, 11) is 0.796. The molecule has 1 fully saturated rings. The Bertz CT molecular complexity index is 1300. The van der Waals surface area contributed by atoms with E-state index in [0.29, 0.717) is 34.3 Å². The number of benzene rings is 1. The van der Waals surface area contributed by atoms with Gasteiger partial charge in [0.05, 0.1) is 0 Å². The lowest BCUT2D eigenvalue weighted by Gasteiger charge is -2.19. The van der Waals surface area contributed by atoms with E-state index in [1.165, 1.54) is 18.2 Å². The largest absolute Gasteiger partial charge is 0.459 e. The third-order valence-corrected chi connectivity index (χ3v) is 5.94. The van der Waals surface area contributed by atoms with Crippen LogP contribution >= 0.6 is 11.6 Å². The molecule has 4 rings (SSSR count). The summed E-state index contributed by atoms with van der Waals surface area (Å²) in [6, 6.07) is 5.48. The number of nitrogens with zero attached hydrogens (tertiary/aromatic N) is 3. The molecule has 5 nitrogen and oxygen atoms in total. The number of aryl methyl sites for hydroxylation is 1. The quantitative estimate of drug-likeness (QED) is 0.327. The van der Waals surface area contributed by atoms with Crippen LogP contribution in [-0.4, -0.2) is 27.7 Å². The highest BCUT2D eigenvalue weighted by atomic mass is 35.5. The van der Waals surface area contributed by atoms with Gasteiger partial charge in [0.2, 0.25) is 0 Å². The molecule has 1 aliphatic rings. The minimum atomic E-state index is -6.30. The third kappa shape index (κ3) is 4.80. The van der Waals surface area contributed by atoms with Gasteiger partial charge in [-0.1, -0.05) is 23.3 Å². The van der Waals surface area contributed by atoms with Gasteiger partial charge in [0.1, 0.15) is 17.0 Å². The van der Waals surface area contributed by atoms with Crippen LogP contribution in [0.4, 0.5) is 35.1 Å². The molecular formula is C22H17ClF8N4O. The van der Waals surface area contributed by atoms with E-state index in [1.54, 1.807) is 0 Å². The third-order valence-electron chi connectivity index (χ3n) is 5.61. The van der Waals surface area contributed by atoms with Crippen molar-refractivity contribution < 1.29 is 39.6 Å². The van der Waals surface area contributed by atoms with Crippen molar-refractivity contribution in [2.45, 2.75) is 31.1 Å². The predicted molar refractivity (Wildman–Crippen MR) is 114 cm³/mol. The summed E-state index contributed by atoms with van der Waals surface area (Å²) >= 11 is 6.24. The van der Waals surface area contributed by atoms with Crippen molar-refractivity contribution in [2.75, 3.05) is 6.54 Å². The number of rotatable bonds is 7. The van der Waals surface area contributed by atoms with Gasteiger partial charge in [-0.15, -0.1) is 0 Å². The van der Waals surface area contributed by atoms with Crippen LogP contribution in [0.5, 0.6) is 0 Å². The lowest BCUT2D eigenvalue weighted by Crippen LogP contribution is -2.36. The molecule has 0 saturated heterocycles. The van der Waals surface area contributed by atoms with Gasteiger partial charge in [-0.3, -0.25) is 4.68 Å². The van der Waals surface area contributed by atoms with Crippen LogP contribution in [0.3, 0.4) is 0 Å². The van der Waals surface area contributed by atoms with Crippen molar-refractivity contribution >= 4 is 17.3 Å². The Morgan fingerprint density at radius 3 is 2.39 bits per heavy atom. The standard InChI is InChI=1S/C22H17ClF8N4O/c1-10(32-9-11-3-4-11)13-7-12(5-6-14(13)23)16-8-15(34-36-16)18-17(21(26,27)28)19(33-35(18)2)20(24,25)22(29,30)31/h5-8,11,32H,1,3-4,9H2,2H3. The maximum Gasteiger partial charge on any atom is 0.459 e. The summed E-state index contributed by atoms with van der Waals surface area (Å²) in [5.41, 5.74) is -5.20. The minimum absolute atomic E-state index is 0.0867. The van der Waals surface area contributed by atoms with Gasteiger partial charge in [-0.2, -0.15) is 40.2 Å². The zero-order valence-electron chi connectivity index (χ0n) is 18.4. The average molecular weight is 541 g/mol. The van der Waals surface area contributed by atoms with Crippen LogP contribution in [0, 0.1) is 5.92 Å². The normalized spacial score (nSPS) is 14.8. The Kier molecular flexibility index (Phi) is 6.34. The highest BCUT2D eigenvalue weighted by Crippen LogP contribution is 2.50. The van der Waals surface area contributed by atoms with Crippen molar-refractivity contribution in [3.8, 4) is 22.7 Å². The summed E-state index contributed by atoms with van der Waals surface area (Å²) in [6.07, 6.45) is -9.72. The van der Waals surface area contributed by atoms with E-state index in [-0.39, 0.29) is 10.4 Å². The van der Waals surface area contributed by atoms with E-state index in [1.807, 2.05) is 0 Å². The summed E-state index contributed by atoms with van der Waals surface area (Å²) in [5, 5.41) is 9.83. The fourth-order valence-corrected chi connectivity index (χ4v) is 3.79. The molecule has 1 aromatic carbocycles. The highest BCUT2D eigenvalue weighted by Gasteiger charge is 2.64. The molecule has 36 heavy (non-hydrogen) atoms. The number of aromatic nitrogens is 3. The van der Waals surface area contributed by atoms with Gasteiger partial charge >= 0.3 is 18.3 Å². The molecule has 0 radical (unpaired) electrons. The summed E-state index contributed by atoms with van der Waals surface area (Å²) in [6.45, 7) is 4.62. The van der Waals surface area contributed by atoms with Crippen molar-refractivity contribution in [2.24, 2.45) is 13.0 Å². The predicted octanol–water partition coefficient (Wildman–Crippen LogP) is 7.04. The molecule has 14 heteroatoms. The van der Waals surface area contributed by atoms with Gasteiger partial charge in [0.25, 0.3) is 0 Å². The van der Waals surface area contributed by atoms with Gasteiger partial charge in [-0.25, -0.2) is 0 Å². The highest BCUT2D eigenvalue weighted by molar-refractivity contribution is 6.32. The van der Waals surface area contributed by atoms with Crippen molar-refractivity contribution in [1.82, 2.24) is 20.3 Å². The fraction of sp³-hybridized carbons (Fsp3) is 0.364.